The Bertz CT molecular complexity index is 845. The van der Waals surface area contributed by atoms with Gasteiger partial charge in [-0.1, -0.05) is 11.6 Å². The monoisotopic (exact) mass is 356 g/mol. The molecule has 1 N–H and O–H groups in total. The molecule has 2 aromatic rings. The van der Waals surface area contributed by atoms with Gasteiger partial charge in [-0.2, -0.15) is 0 Å². The number of aromatic nitrogens is 1. The molecule has 0 fully saturated rings. The van der Waals surface area contributed by atoms with Crippen molar-refractivity contribution in [2.24, 2.45) is 0 Å². The van der Waals surface area contributed by atoms with Crippen LogP contribution < -0.4 is 15.0 Å². The van der Waals surface area contributed by atoms with E-state index in [-0.39, 0.29) is 23.5 Å². The Morgan fingerprint density at radius 1 is 1.22 bits per heavy atom. The minimum atomic E-state index is -3.63. The van der Waals surface area contributed by atoms with Gasteiger partial charge >= 0.3 is 0 Å². The van der Waals surface area contributed by atoms with E-state index in [1.807, 2.05) is 0 Å². The average Bonchev–Trinajstić information content (AvgIpc) is 2.50. The predicted molar refractivity (Wildman–Crippen MR) is 88.6 cm³/mol. The molecule has 0 spiro atoms. The summed E-state index contributed by atoms with van der Waals surface area (Å²) in [6.07, 6.45) is 0. The molecule has 2 rings (SSSR count). The van der Waals surface area contributed by atoms with Gasteiger partial charge < -0.3 is 9.30 Å². The number of hydrogen-bond donors (Lipinski definition) is 1. The lowest BCUT2D eigenvalue weighted by atomic mass is 10.3. The number of nitrogens with one attached hydrogen (secondary N) is 1. The average molecular weight is 357 g/mol. The van der Waals surface area contributed by atoms with Crippen LogP contribution in [0.3, 0.4) is 0 Å². The number of benzene rings is 1. The van der Waals surface area contributed by atoms with Crippen molar-refractivity contribution in [1.29, 1.82) is 0 Å². The van der Waals surface area contributed by atoms with Crippen LogP contribution >= 0.6 is 11.6 Å². The van der Waals surface area contributed by atoms with Gasteiger partial charge in [-0.25, -0.2) is 13.1 Å². The largest absolute Gasteiger partial charge is 0.496 e. The molecule has 0 amide bonds. The van der Waals surface area contributed by atoms with Gasteiger partial charge in [-0.3, -0.25) is 4.79 Å². The van der Waals surface area contributed by atoms with Crippen molar-refractivity contribution in [3.8, 4) is 5.75 Å². The third kappa shape index (κ3) is 4.34. The highest BCUT2D eigenvalue weighted by molar-refractivity contribution is 7.89. The molecule has 0 atom stereocenters. The lowest BCUT2D eigenvalue weighted by molar-refractivity contribution is 0.411. The van der Waals surface area contributed by atoms with Crippen molar-refractivity contribution < 1.29 is 13.2 Å². The van der Waals surface area contributed by atoms with Gasteiger partial charge in [0.2, 0.25) is 10.0 Å². The number of halogens is 1. The first-order valence-electron chi connectivity index (χ1n) is 6.84. The maximum Gasteiger partial charge on any atom is 0.254 e. The molecular formula is C15H17ClN2O4S. The number of nitrogens with zero attached hydrogens (tertiary/aromatic N) is 1. The summed E-state index contributed by atoms with van der Waals surface area (Å²) in [5.41, 5.74) is 0.451. The molecule has 1 heterocycles. The van der Waals surface area contributed by atoms with E-state index < -0.39 is 10.0 Å². The zero-order valence-corrected chi connectivity index (χ0v) is 14.3. The molecule has 0 aliphatic carbocycles. The lowest BCUT2D eigenvalue weighted by Gasteiger charge is -2.12. The fourth-order valence-electron chi connectivity index (χ4n) is 2.09. The molecule has 0 aliphatic heterocycles. The highest BCUT2D eigenvalue weighted by Gasteiger charge is 2.13. The van der Waals surface area contributed by atoms with Crippen LogP contribution in [-0.2, 0) is 16.6 Å². The van der Waals surface area contributed by atoms with Gasteiger partial charge in [0.1, 0.15) is 5.75 Å². The molecule has 0 aliphatic rings. The van der Waals surface area contributed by atoms with Crippen LogP contribution in [0.4, 0.5) is 0 Å². The summed E-state index contributed by atoms with van der Waals surface area (Å²) in [5.74, 6) is 0.477. The number of sulfonamides is 1. The Labute approximate surface area is 139 Å². The molecule has 0 saturated carbocycles. The predicted octanol–water partition coefficient (Wildman–Crippen LogP) is 1.80. The van der Waals surface area contributed by atoms with Crippen LogP contribution in [0.1, 0.15) is 5.69 Å². The Hall–Kier alpha value is -1.83. The summed E-state index contributed by atoms with van der Waals surface area (Å²) in [6.45, 7) is 2.08. The second-order valence-corrected chi connectivity index (χ2v) is 7.08. The van der Waals surface area contributed by atoms with Crippen LogP contribution in [-0.4, -0.2) is 26.6 Å². The zero-order valence-electron chi connectivity index (χ0n) is 12.7. The third-order valence-corrected chi connectivity index (χ3v) is 5.02. The molecule has 1 aromatic carbocycles. The first-order chi connectivity index (χ1) is 10.8. The standard InChI is InChI=1S/C15H17ClN2O4S/c1-11-9-13(22-2)10-15(19)18(11)8-7-17-23(20,21)14-5-3-12(16)4-6-14/h3-6,9-10,17H,7-8H2,1-2H3. The van der Waals surface area contributed by atoms with Crippen molar-refractivity contribution >= 4 is 21.6 Å². The van der Waals surface area contributed by atoms with Gasteiger partial charge in [0.15, 0.2) is 0 Å². The van der Waals surface area contributed by atoms with E-state index in [1.165, 1.54) is 42.0 Å². The van der Waals surface area contributed by atoms with Crippen LogP contribution in [0.25, 0.3) is 0 Å². The molecule has 23 heavy (non-hydrogen) atoms. The Balaban J connectivity index is 2.08. The number of methoxy groups -OCH3 is 1. The third-order valence-electron chi connectivity index (χ3n) is 3.30. The molecule has 8 heteroatoms. The summed E-state index contributed by atoms with van der Waals surface area (Å²) in [6, 6.07) is 8.95. The van der Waals surface area contributed by atoms with Crippen LogP contribution in [0, 0.1) is 6.92 Å². The minimum absolute atomic E-state index is 0.0953. The quantitative estimate of drug-likeness (QED) is 0.856. The molecule has 1 aromatic heterocycles. The number of pyridine rings is 1. The fourth-order valence-corrected chi connectivity index (χ4v) is 3.24. The van der Waals surface area contributed by atoms with Crippen LogP contribution in [0.5, 0.6) is 5.75 Å². The molecule has 0 radical (unpaired) electrons. The van der Waals surface area contributed by atoms with Crippen LogP contribution in [0.2, 0.25) is 5.02 Å². The van der Waals surface area contributed by atoms with Crippen molar-refractivity contribution in [2.45, 2.75) is 18.4 Å². The van der Waals surface area contributed by atoms with Gasteiger partial charge in [0.25, 0.3) is 5.56 Å². The van der Waals surface area contributed by atoms with E-state index in [2.05, 4.69) is 4.72 Å². The second-order valence-electron chi connectivity index (χ2n) is 4.88. The number of aryl methyl sites for hydroxylation is 1. The normalized spacial score (nSPS) is 11.4. The Morgan fingerprint density at radius 3 is 2.43 bits per heavy atom. The smallest absolute Gasteiger partial charge is 0.254 e. The van der Waals surface area contributed by atoms with E-state index in [1.54, 1.807) is 13.0 Å². The van der Waals surface area contributed by atoms with Crippen molar-refractivity contribution in [2.75, 3.05) is 13.7 Å². The topological polar surface area (TPSA) is 77.4 Å². The van der Waals surface area contributed by atoms with E-state index in [0.29, 0.717) is 16.5 Å². The van der Waals surface area contributed by atoms with E-state index in [9.17, 15) is 13.2 Å². The number of hydrogen-bond acceptors (Lipinski definition) is 4. The molecule has 0 unspecified atom stereocenters. The SMILES string of the molecule is COc1cc(C)n(CCNS(=O)(=O)c2ccc(Cl)cc2)c(=O)c1. The molecule has 0 bridgehead atoms. The highest BCUT2D eigenvalue weighted by Crippen LogP contribution is 2.14. The van der Waals surface area contributed by atoms with Gasteiger partial charge in [0, 0.05) is 29.9 Å². The molecule has 124 valence electrons. The minimum Gasteiger partial charge on any atom is -0.496 e. The lowest BCUT2D eigenvalue weighted by Crippen LogP contribution is -2.31. The Kier molecular flexibility index (Phi) is 5.46. The number of ether oxygens (including phenoxy) is 1. The maximum absolute atomic E-state index is 12.1. The summed E-state index contributed by atoms with van der Waals surface area (Å²) < 4.78 is 33.2. The highest BCUT2D eigenvalue weighted by atomic mass is 35.5. The van der Waals surface area contributed by atoms with Crippen LogP contribution in [0.15, 0.2) is 46.1 Å². The maximum atomic E-state index is 12.1. The molecule has 6 nitrogen and oxygen atoms in total. The van der Waals surface area contributed by atoms with Gasteiger partial charge in [-0.05, 0) is 37.3 Å². The summed E-state index contributed by atoms with van der Waals surface area (Å²) in [5, 5.41) is 0.462. The Morgan fingerprint density at radius 2 is 1.87 bits per heavy atom. The number of rotatable bonds is 6. The van der Waals surface area contributed by atoms with Crippen molar-refractivity contribution in [3.05, 3.63) is 57.5 Å². The van der Waals surface area contributed by atoms with Crippen molar-refractivity contribution in [1.82, 2.24) is 9.29 Å². The summed E-state index contributed by atoms with van der Waals surface area (Å²) in [7, 11) is -2.15. The van der Waals surface area contributed by atoms with E-state index in [4.69, 9.17) is 16.3 Å². The fraction of sp³-hybridized carbons (Fsp3) is 0.267. The first kappa shape index (κ1) is 17.5. The molecular weight excluding hydrogens is 340 g/mol. The van der Waals surface area contributed by atoms with Gasteiger partial charge in [0.05, 0.1) is 12.0 Å². The summed E-state index contributed by atoms with van der Waals surface area (Å²) >= 11 is 5.74. The van der Waals surface area contributed by atoms with E-state index in [0.717, 1.165) is 0 Å². The summed E-state index contributed by atoms with van der Waals surface area (Å²) in [4.78, 5) is 12.1. The second kappa shape index (κ2) is 7.16. The van der Waals surface area contributed by atoms with Gasteiger partial charge in [-0.15, -0.1) is 0 Å². The molecule has 0 saturated heterocycles. The van der Waals surface area contributed by atoms with E-state index >= 15 is 0 Å². The van der Waals surface area contributed by atoms with Crippen molar-refractivity contribution in [3.63, 3.8) is 0 Å². The first-order valence-corrected chi connectivity index (χ1v) is 8.70. The zero-order chi connectivity index (χ0) is 17.0.